The summed E-state index contributed by atoms with van der Waals surface area (Å²) in [6, 6.07) is 16.7. The van der Waals surface area contributed by atoms with Crippen LogP contribution in [0.5, 0.6) is 0 Å². The number of hydrogen-bond donors (Lipinski definition) is 2. The fourth-order valence-electron chi connectivity index (χ4n) is 3.29. The Labute approximate surface area is 201 Å². The van der Waals surface area contributed by atoms with Crippen LogP contribution in [0, 0.1) is 6.92 Å². The predicted octanol–water partition coefficient (Wildman–Crippen LogP) is 4.87. The van der Waals surface area contributed by atoms with Crippen LogP contribution in [-0.4, -0.2) is 30.5 Å². The van der Waals surface area contributed by atoms with Gasteiger partial charge in [-0.15, -0.1) is 0 Å². The summed E-state index contributed by atoms with van der Waals surface area (Å²) in [5.74, 6) is 0. The highest BCUT2D eigenvalue weighted by atomic mass is 35.5. The molecule has 7 nitrogen and oxygen atoms in total. The van der Waals surface area contributed by atoms with Crippen molar-refractivity contribution in [2.75, 3.05) is 6.54 Å². The Kier molecular flexibility index (Phi) is 6.60. The molecule has 1 heterocycles. The number of fused-ring (bicyclic) bond motifs is 1. The highest BCUT2D eigenvalue weighted by Crippen LogP contribution is 2.28. The van der Waals surface area contributed by atoms with E-state index in [4.69, 9.17) is 23.2 Å². The van der Waals surface area contributed by atoms with Crippen LogP contribution < -0.4 is 10.0 Å². The average molecular weight is 503 g/mol. The van der Waals surface area contributed by atoms with Crippen molar-refractivity contribution in [3.05, 3.63) is 88.2 Å². The lowest BCUT2D eigenvalue weighted by Gasteiger charge is -2.10. The highest BCUT2D eigenvalue weighted by molar-refractivity contribution is 7.90. The smallest absolute Gasteiger partial charge is 0.328 e. The number of halogens is 2. The predicted molar refractivity (Wildman–Crippen MR) is 130 cm³/mol. The van der Waals surface area contributed by atoms with Crippen molar-refractivity contribution in [1.82, 2.24) is 19.6 Å². The summed E-state index contributed by atoms with van der Waals surface area (Å²) in [7, 11) is -3.91. The summed E-state index contributed by atoms with van der Waals surface area (Å²) in [4.78, 5) is 16.4. The molecular weight excluding hydrogens is 483 g/mol. The van der Waals surface area contributed by atoms with Gasteiger partial charge in [0.15, 0.2) is 0 Å². The van der Waals surface area contributed by atoms with E-state index in [1.807, 2.05) is 40.5 Å². The van der Waals surface area contributed by atoms with Gasteiger partial charge in [-0.2, -0.15) is 0 Å². The second-order valence-corrected chi connectivity index (χ2v) is 9.96. The summed E-state index contributed by atoms with van der Waals surface area (Å²) in [5.41, 5.74) is 4.38. The molecule has 4 rings (SSSR count). The Morgan fingerprint density at radius 3 is 2.36 bits per heavy atom. The van der Waals surface area contributed by atoms with Crippen molar-refractivity contribution in [3.8, 4) is 5.69 Å². The number of imidazole rings is 1. The first-order valence-electron chi connectivity index (χ1n) is 10.0. The minimum Gasteiger partial charge on any atom is -0.337 e. The molecule has 0 fully saturated rings. The maximum absolute atomic E-state index is 12.3. The van der Waals surface area contributed by atoms with Crippen molar-refractivity contribution < 1.29 is 13.2 Å². The number of nitrogens with one attached hydrogen (secondary N) is 2. The first kappa shape index (κ1) is 23.1. The van der Waals surface area contributed by atoms with E-state index in [2.05, 4.69) is 10.3 Å². The topological polar surface area (TPSA) is 93.1 Å². The fourth-order valence-corrected chi connectivity index (χ4v) is 4.53. The van der Waals surface area contributed by atoms with Crippen molar-refractivity contribution >= 4 is 50.3 Å². The molecule has 0 atom stereocenters. The van der Waals surface area contributed by atoms with Gasteiger partial charge in [-0.1, -0.05) is 53.0 Å². The average Bonchev–Trinajstić information content (AvgIpc) is 3.17. The van der Waals surface area contributed by atoms with E-state index in [1.54, 1.807) is 30.6 Å². The second kappa shape index (κ2) is 9.43. The molecule has 0 aliphatic carbocycles. The minimum atomic E-state index is -3.91. The number of aromatic nitrogens is 2. The van der Waals surface area contributed by atoms with Gasteiger partial charge in [-0.3, -0.25) is 4.57 Å². The summed E-state index contributed by atoms with van der Waals surface area (Å²) in [5, 5.41) is 3.48. The molecule has 4 aromatic rings. The lowest BCUT2D eigenvalue weighted by molar-refractivity contribution is 0.246. The van der Waals surface area contributed by atoms with E-state index in [-0.39, 0.29) is 11.4 Å². The molecule has 2 N–H and O–H groups in total. The number of nitrogens with zero attached hydrogens (tertiary/aromatic N) is 2. The zero-order chi connectivity index (χ0) is 23.6. The van der Waals surface area contributed by atoms with Crippen LogP contribution >= 0.6 is 23.2 Å². The molecule has 0 bridgehead atoms. The van der Waals surface area contributed by atoms with E-state index >= 15 is 0 Å². The Morgan fingerprint density at radius 1 is 1.00 bits per heavy atom. The molecule has 0 saturated carbocycles. The molecule has 0 saturated heterocycles. The van der Waals surface area contributed by atoms with Gasteiger partial charge in [0.1, 0.15) is 6.33 Å². The van der Waals surface area contributed by atoms with Crippen LogP contribution in [0.1, 0.15) is 11.1 Å². The van der Waals surface area contributed by atoms with Gasteiger partial charge >= 0.3 is 6.03 Å². The van der Waals surface area contributed by atoms with Gasteiger partial charge < -0.3 is 5.32 Å². The fraction of sp³-hybridized carbons (Fsp3) is 0.130. The number of carbonyl (C=O) groups is 1. The Morgan fingerprint density at radius 2 is 1.67 bits per heavy atom. The summed E-state index contributed by atoms with van der Waals surface area (Å²) < 4.78 is 28.5. The molecule has 0 radical (unpaired) electrons. The third kappa shape index (κ3) is 5.30. The molecule has 170 valence electrons. The van der Waals surface area contributed by atoms with Crippen LogP contribution in [-0.2, 0) is 16.4 Å². The molecule has 0 unspecified atom stereocenters. The number of aryl methyl sites for hydroxylation is 1. The SMILES string of the molecule is Cc1ccc(S(=O)(=O)NC(=O)NCCc2ccc(-n3cnc4cc(Cl)c(Cl)cc43)cc2)cc1. The normalized spacial score (nSPS) is 11.5. The standard InChI is InChI=1S/C23H20Cl2N4O3S/c1-15-2-8-18(9-3-15)33(31,32)28-23(30)26-11-10-16-4-6-17(7-5-16)29-14-27-21-12-19(24)20(25)13-22(21)29/h2-9,12-14H,10-11H2,1H3,(H2,26,28,30). The van der Waals surface area contributed by atoms with Crippen molar-refractivity contribution in [1.29, 1.82) is 0 Å². The van der Waals surface area contributed by atoms with Crippen LogP contribution in [0.3, 0.4) is 0 Å². The van der Waals surface area contributed by atoms with E-state index < -0.39 is 16.1 Å². The summed E-state index contributed by atoms with van der Waals surface area (Å²) in [6.07, 6.45) is 2.23. The molecule has 0 aliphatic rings. The molecule has 3 aromatic carbocycles. The third-order valence-corrected chi connectivity index (χ3v) is 7.13. The number of sulfonamides is 1. The van der Waals surface area contributed by atoms with Gasteiger partial charge in [0.05, 0.1) is 26.0 Å². The number of amides is 2. The van der Waals surface area contributed by atoms with Gasteiger partial charge in [-0.05, 0) is 55.3 Å². The van der Waals surface area contributed by atoms with Gasteiger partial charge in [-0.25, -0.2) is 22.9 Å². The lowest BCUT2D eigenvalue weighted by atomic mass is 10.1. The van der Waals surface area contributed by atoms with Crippen molar-refractivity contribution in [2.24, 2.45) is 0 Å². The van der Waals surface area contributed by atoms with E-state index in [0.29, 0.717) is 16.5 Å². The van der Waals surface area contributed by atoms with Crippen LogP contribution in [0.25, 0.3) is 16.7 Å². The number of benzene rings is 3. The molecule has 10 heteroatoms. The number of hydrogen-bond acceptors (Lipinski definition) is 4. The number of carbonyl (C=O) groups excluding carboxylic acids is 1. The second-order valence-electron chi connectivity index (χ2n) is 7.46. The number of rotatable bonds is 6. The van der Waals surface area contributed by atoms with E-state index in [1.165, 1.54) is 12.1 Å². The molecule has 0 spiro atoms. The van der Waals surface area contributed by atoms with Crippen molar-refractivity contribution in [3.63, 3.8) is 0 Å². The molecule has 2 amide bonds. The first-order chi connectivity index (χ1) is 15.7. The van der Waals surface area contributed by atoms with Gasteiger partial charge in [0.25, 0.3) is 10.0 Å². The molecule has 33 heavy (non-hydrogen) atoms. The Bertz CT molecular complexity index is 1420. The summed E-state index contributed by atoms with van der Waals surface area (Å²) >= 11 is 12.2. The maximum Gasteiger partial charge on any atom is 0.328 e. The van der Waals surface area contributed by atoms with Crippen molar-refractivity contribution in [2.45, 2.75) is 18.2 Å². The van der Waals surface area contributed by atoms with Crippen LogP contribution in [0.2, 0.25) is 10.0 Å². The summed E-state index contributed by atoms with van der Waals surface area (Å²) in [6.45, 7) is 2.13. The molecule has 0 aliphatic heterocycles. The van der Waals surface area contributed by atoms with E-state index in [9.17, 15) is 13.2 Å². The molecule has 1 aromatic heterocycles. The van der Waals surface area contributed by atoms with Crippen LogP contribution in [0.15, 0.2) is 71.9 Å². The Balaban J connectivity index is 1.35. The first-order valence-corrected chi connectivity index (χ1v) is 12.3. The monoisotopic (exact) mass is 502 g/mol. The third-order valence-electron chi connectivity index (χ3n) is 5.06. The van der Waals surface area contributed by atoms with Gasteiger partial charge in [0.2, 0.25) is 0 Å². The zero-order valence-electron chi connectivity index (χ0n) is 17.5. The molecular formula is C23H20Cl2N4O3S. The quantitative estimate of drug-likeness (QED) is 0.393. The highest BCUT2D eigenvalue weighted by Gasteiger charge is 2.17. The van der Waals surface area contributed by atoms with Crippen LogP contribution in [0.4, 0.5) is 4.79 Å². The zero-order valence-corrected chi connectivity index (χ0v) is 19.9. The maximum atomic E-state index is 12.3. The lowest BCUT2D eigenvalue weighted by Crippen LogP contribution is -2.40. The largest absolute Gasteiger partial charge is 0.337 e. The van der Waals surface area contributed by atoms with E-state index in [0.717, 1.165) is 27.8 Å². The Hall–Kier alpha value is -3.07. The minimum absolute atomic E-state index is 0.0365. The van der Waals surface area contributed by atoms with Gasteiger partial charge in [0, 0.05) is 12.2 Å². The number of urea groups is 1.